The third-order valence-corrected chi connectivity index (χ3v) is 15.6. The normalized spacial score (nSPS) is 13.9. The number of benzene rings is 3. The fourth-order valence-corrected chi connectivity index (χ4v) is 14.1. The zero-order chi connectivity index (χ0) is 31.8. The van der Waals surface area contributed by atoms with E-state index in [4.69, 9.17) is 28.4 Å². The molecule has 0 aromatic heterocycles. The number of ether oxygens (including phenoxy) is 6. The van der Waals surface area contributed by atoms with Gasteiger partial charge in [0.25, 0.3) is 0 Å². The van der Waals surface area contributed by atoms with Crippen LogP contribution in [0.2, 0.25) is 5.54 Å². The predicted octanol–water partition coefficient (Wildman–Crippen LogP) is 6.19. The first-order chi connectivity index (χ1) is 20.5. The Morgan fingerprint density at radius 1 is 0.419 bits per heavy atom. The molecule has 3 aromatic carbocycles. The summed E-state index contributed by atoms with van der Waals surface area (Å²) in [6.07, 6.45) is 0. The van der Waals surface area contributed by atoms with Crippen LogP contribution in [0.25, 0.3) is 0 Å². The van der Waals surface area contributed by atoms with Gasteiger partial charge in [-0.15, -0.1) is 0 Å². The first-order valence-electron chi connectivity index (χ1n) is 14.5. The summed E-state index contributed by atoms with van der Waals surface area (Å²) >= 11 is 0. The number of allylic oxidation sites excluding steroid dienone is 4. The molecule has 1 aliphatic carbocycles. The second-order valence-corrected chi connectivity index (χ2v) is 15.1. The standard InChI is InChI=1S/C36H46O6Si/c1-20-21(2)23(4)36(22(20)3)43(30-17-14-27(37-8)33(40-11)24(30)5,31-18-15-28(38-9)34(41-12)25(31)6)32-19-16-29(39-10)35(42-13)26(32)7/h14-19,36H,1-13H3. The van der Waals surface area contributed by atoms with Crippen molar-refractivity contribution in [1.82, 2.24) is 0 Å². The number of rotatable bonds is 10. The average molecular weight is 603 g/mol. The Morgan fingerprint density at radius 2 is 0.698 bits per heavy atom. The van der Waals surface area contributed by atoms with Crippen molar-refractivity contribution in [2.75, 3.05) is 42.7 Å². The van der Waals surface area contributed by atoms with E-state index in [0.29, 0.717) is 17.2 Å². The maximum absolute atomic E-state index is 6.04. The van der Waals surface area contributed by atoms with E-state index >= 15 is 0 Å². The molecule has 4 rings (SSSR count). The van der Waals surface area contributed by atoms with Crippen molar-refractivity contribution in [3.05, 3.63) is 75.4 Å². The molecule has 0 spiro atoms. The van der Waals surface area contributed by atoms with E-state index in [1.807, 2.05) is 18.2 Å². The fourth-order valence-electron chi connectivity index (χ4n) is 7.43. The second kappa shape index (κ2) is 12.4. The Kier molecular flexibility index (Phi) is 9.26. The van der Waals surface area contributed by atoms with Gasteiger partial charge < -0.3 is 28.4 Å². The largest absolute Gasteiger partial charge is 0.493 e. The van der Waals surface area contributed by atoms with Gasteiger partial charge in [-0.25, -0.2) is 0 Å². The third kappa shape index (κ3) is 4.69. The summed E-state index contributed by atoms with van der Waals surface area (Å²) in [5, 5.41) is 3.71. The van der Waals surface area contributed by atoms with Crippen molar-refractivity contribution in [1.29, 1.82) is 0 Å². The van der Waals surface area contributed by atoms with Crippen molar-refractivity contribution in [2.24, 2.45) is 0 Å². The van der Waals surface area contributed by atoms with Crippen molar-refractivity contribution in [2.45, 2.75) is 54.0 Å². The predicted molar refractivity (Wildman–Crippen MR) is 178 cm³/mol. The van der Waals surface area contributed by atoms with Crippen molar-refractivity contribution >= 4 is 23.6 Å². The highest BCUT2D eigenvalue weighted by molar-refractivity contribution is 7.14. The lowest BCUT2D eigenvalue weighted by Crippen LogP contribution is -2.72. The molecule has 7 heteroatoms. The zero-order valence-electron chi connectivity index (χ0n) is 28.0. The first kappa shape index (κ1) is 32.1. The summed E-state index contributed by atoms with van der Waals surface area (Å²) in [5.74, 6) is 4.34. The van der Waals surface area contributed by atoms with Gasteiger partial charge in [0, 0.05) is 5.54 Å². The molecule has 43 heavy (non-hydrogen) atoms. The van der Waals surface area contributed by atoms with Crippen LogP contribution < -0.4 is 44.0 Å². The molecule has 0 saturated heterocycles. The zero-order valence-corrected chi connectivity index (χ0v) is 29.0. The molecule has 0 heterocycles. The van der Waals surface area contributed by atoms with Gasteiger partial charge >= 0.3 is 0 Å². The minimum atomic E-state index is -3.11. The van der Waals surface area contributed by atoms with Gasteiger partial charge in [-0.1, -0.05) is 29.3 Å². The number of hydrogen-bond acceptors (Lipinski definition) is 6. The Labute approximate surface area is 258 Å². The lowest BCUT2D eigenvalue weighted by molar-refractivity contribution is 0.353. The van der Waals surface area contributed by atoms with Crippen LogP contribution in [0.4, 0.5) is 0 Å². The molecule has 3 aromatic rings. The van der Waals surface area contributed by atoms with E-state index in [1.165, 1.54) is 37.9 Å². The molecular weight excluding hydrogens is 556 g/mol. The Morgan fingerprint density at radius 3 is 0.930 bits per heavy atom. The summed E-state index contributed by atoms with van der Waals surface area (Å²) in [4.78, 5) is 0. The van der Waals surface area contributed by atoms with Crippen LogP contribution in [0.15, 0.2) is 58.7 Å². The van der Waals surface area contributed by atoms with Crippen LogP contribution in [0, 0.1) is 20.8 Å². The van der Waals surface area contributed by atoms with Crippen molar-refractivity contribution in [3.8, 4) is 34.5 Å². The van der Waals surface area contributed by atoms with E-state index in [2.05, 4.69) is 66.7 Å². The Balaban J connectivity index is 2.39. The average Bonchev–Trinajstić information content (AvgIpc) is 3.20. The maximum atomic E-state index is 6.04. The van der Waals surface area contributed by atoms with E-state index in [-0.39, 0.29) is 5.54 Å². The van der Waals surface area contributed by atoms with Gasteiger partial charge in [-0.05, 0) is 110 Å². The monoisotopic (exact) mass is 602 g/mol. The smallest absolute Gasteiger partial charge is 0.163 e. The Hall–Kier alpha value is -3.84. The molecule has 6 nitrogen and oxygen atoms in total. The third-order valence-electron chi connectivity index (χ3n) is 9.70. The molecule has 1 aliphatic rings. The maximum Gasteiger partial charge on any atom is 0.163 e. The summed E-state index contributed by atoms with van der Waals surface area (Å²) in [6, 6.07) is 12.9. The second-order valence-electron chi connectivity index (χ2n) is 11.3. The highest BCUT2D eigenvalue weighted by Gasteiger charge is 2.53. The van der Waals surface area contributed by atoms with Gasteiger partial charge in [0.1, 0.15) is 0 Å². The van der Waals surface area contributed by atoms with E-state index in [0.717, 1.165) is 33.9 Å². The minimum absolute atomic E-state index is 0.109. The lowest BCUT2D eigenvalue weighted by atomic mass is 10.1. The summed E-state index contributed by atoms with van der Waals surface area (Å²) in [7, 11) is 7.07. The van der Waals surface area contributed by atoms with E-state index in [9.17, 15) is 0 Å². The SMILES string of the molecule is COc1ccc([Si](c2ccc(OC)c(OC)c2C)(c2ccc(OC)c(OC)c2C)C2C(C)=C(C)C(C)=C2C)c(C)c1OC. The van der Waals surface area contributed by atoms with Crippen molar-refractivity contribution in [3.63, 3.8) is 0 Å². The summed E-state index contributed by atoms with van der Waals surface area (Å²) in [6.45, 7) is 15.5. The van der Waals surface area contributed by atoms with Gasteiger partial charge in [-0.3, -0.25) is 0 Å². The van der Waals surface area contributed by atoms with Crippen LogP contribution in [-0.2, 0) is 0 Å². The first-order valence-corrected chi connectivity index (χ1v) is 16.6. The summed E-state index contributed by atoms with van der Waals surface area (Å²) < 4.78 is 35.5. The number of methoxy groups -OCH3 is 6. The lowest BCUT2D eigenvalue weighted by Gasteiger charge is -2.44. The highest BCUT2D eigenvalue weighted by Crippen LogP contribution is 2.49. The molecular formula is C36H46O6Si. The number of hydrogen-bond donors (Lipinski definition) is 0. The quantitative estimate of drug-likeness (QED) is 0.204. The molecule has 0 atom stereocenters. The molecule has 0 saturated carbocycles. The van der Waals surface area contributed by atoms with Crippen LogP contribution in [0.5, 0.6) is 34.5 Å². The highest BCUT2D eigenvalue weighted by atomic mass is 28.3. The molecule has 0 bridgehead atoms. The molecule has 0 N–H and O–H groups in total. The van der Waals surface area contributed by atoms with Gasteiger partial charge in [0.15, 0.2) is 42.6 Å². The van der Waals surface area contributed by atoms with Gasteiger partial charge in [0.2, 0.25) is 0 Å². The topological polar surface area (TPSA) is 55.4 Å². The van der Waals surface area contributed by atoms with E-state index < -0.39 is 8.07 Å². The molecule has 0 fully saturated rings. The molecule has 0 radical (unpaired) electrons. The van der Waals surface area contributed by atoms with Gasteiger partial charge in [0.05, 0.1) is 42.7 Å². The molecule has 0 amide bonds. The van der Waals surface area contributed by atoms with Gasteiger partial charge in [-0.2, -0.15) is 0 Å². The van der Waals surface area contributed by atoms with Crippen molar-refractivity contribution < 1.29 is 28.4 Å². The minimum Gasteiger partial charge on any atom is -0.493 e. The molecule has 0 aliphatic heterocycles. The van der Waals surface area contributed by atoms with Crippen LogP contribution >= 0.6 is 0 Å². The molecule has 230 valence electrons. The molecule has 0 unspecified atom stereocenters. The Bertz CT molecular complexity index is 1440. The van der Waals surface area contributed by atoms with E-state index in [1.54, 1.807) is 42.7 Å². The fraction of sp³-hybridized carbons (Fsp3) is 0.389. The van der Waals surface area contributed by atoms with Crippen LogP contribution in [0.3, 0.4) is 0 Å². The van der Waals surface area contributed by atoms with Crippen LogP contribution in [0.1, 0.15) is 44.4 Å². The summed E-state index contributed by atoms with van der Waals surface area (Å²) in [5.41, 5.74) is 8.71. The van der Waals surface area contributed by atoms with Crippen LogP contribution in [-0.4, -0.2) is 50.7 Å².